The number of carbonyl (C=O) groups is 5. The number of allylic oxidation sites excluding steroid dienone is 2. The fourth-order valence-corrected chi connectivity index (χ4v) is 8.34. The van der Waals surface area contributed by atoms with Crippen LogP contribution in [0.4, 0.5) is 0 Å². The second kappa shape index (κ2) is 9.35. The number of hydrogen-bond acceptors (Lipinski definition) is 13. The molecule has 2 bridgehead atoms. The molecule has 5 fully saturated rings. The molecule has 42 heavy (non-hydrogen) atoms. The Balaban J connectivity index is 1.60. The average Bonchev–Trinajstić information content (AvgIpc) is 2.87. The molecule has 0 unspecified atom stereocenters. The molecule has 0 aromatic rings. The Labute approximate surface area is 241 Å². The highest BCUT2D eigenvalue weighted by molar-refractivity contribution is 5.96. The van der Waals surface area contributed by atoms with Crippen molar-refractivity contribution in [3.63, 3.8) is 0 Å². The predicted molar refractivity (Wildman–Crippen MR) is 138 cm³/mol. The minimum Gasteiger partial charge on any atom is -0.504 e. The van der Waals surface area contributed by atoms with Gasteiger partial charge in [0, 0.05) is 25.3 Å². The van der Waals surface area contributed by atoms with Crippen molar-refractivity contribution >= 4 is 29.7 Å². The maximum atomic E-state index is 13.5. The van der Waals surface area contributed by atoms with Crippen molar-refractivity contribution in [3.8, 4) is 0 Å². The SMILES string of the molecule is COC(=O)[C@@]12O[C@]34[C@H]([C@@H](O)[C@@H]1O)[C@@]1(C)CC(=O)C(O)=C(C)[C@@H]1C[C@H]3OC(=O)[C@H](OC(=O)/C=C(\C)C(C)(C)OC(C)=O)[C@@H]24. The predicted octanol–water partition coefficient (Wildman–Crippen LogP) is 0.591. The maximum absolute atomic E-state index is 13.5. The van der Waals surface area contributed by atoms with Gasteiger partial charge in [-0.1, -0.05) is 6.92 Å². The summed E-state index contributed by atoms with van der Waals surface area (Å²) in [6.45, 7) is 9.16. The van der Waals surface area contributed by atoms with Gasteiger partial charge in [-0.3, -0.25) is 9.59 Å². The molecule has 2 saturated carbocycles. The van der Waals surface area contributed by atoms with Crippen LogP contribution in [0.3, 0.4) is 0 Å². The number of carbonyl (C=O) groups excluding carboxylic acids is 5. The molecule has 3 saturated heterocycles. The van der Waals surface area contributed by atoms with E-state index < -0.39 is 99.8 Å². The Bertz CT molecular complexity index is 1340. The smallest absolute Gasteiger partial charge is 0.348 e. The van der Waals surface area contributed by atoms with Crippen molar-refractivity contribution in [1.82, 2.24) is 0 Å². The van der Waals surface area contributed by atoms with Gasteiger partial charge < -0.3 is 39.0 Å². The largest absolute Gasteiger partial charge is 0.504 e. The molecule has 0 aromatic heterocycles. The van der Waals surface area contributed by atoms with E-state index in [1.165, 1.54) is 13.8 Å². The zero-order valence-corrected chi connectivity index (χ0v) is 24.5. The first-order chi connectivity index (χ1) is 19.4. The Hall–Kier alpha value is -3.29. The molecule has 0 amide bonds. The normalized spacial score (nSPS) is 42.4. The molecular formula is C29H36O13. The molecule has 3 N–H and O–H groups in total. The zero-order valence-electron chi connectivity index (χ0n) is 24.5. The molecule has 13 nitrogen and oxygen atoms in total. The van der Waals surface area contributed by atoms with Crippen LogP contribution in [0.2, 0.25) is 0 Å². The van der Waals surface area contributed by atoms with E-state index in [1.807, 2.05) is 0 Å². The third-order valence-electron chi connectivity index (χ3n) is 10.3. The topological polar surface area (TPSA) is 192 Å². The highest BCUT2D eigenvalue weighted by Crippen LogP contribution is 2.73. The summed E-state index contributed by atoms with van der Waals surface area (Å²) in [7, 11) is 1.05. The van der Waals surface area contributed by atoms with E-state index in [9.17, 15) is 39.3 Å². The van der Waals surface area contributed by atoms with Crippen LogP contribution in [0.5, 0.6) is 0 Å². The second-order valence-corrected chi connectivity index (χ2v) is 12.8. The van der Waals surface area contributed by atoms with Gasteiger partial charge in [-0.05, 0) is 56.6 Å². The van der Waals surface area contributed by atoms with Gasteiger partial charge in [0.15, 0.2) is 11.5 Å². The molecule has 3 aliphatic carbocycles. The third kappa shape index (κ3) is 3.69. The van der Waals surface area contributed by atoms with Crippen LogP contribution in [-0.4, -0.2) is 93.3 Å². The maximum Gasteiger partial charge on any atom is 0.348 e. The first kappa shape index (κ1) is 30.2. The highest BCUT2D eigenvalue weighted by Gasteiger charge is 2.90. The number of methoxy groups -OCH3 is 1. The summed E-state index contributed by atoms with van der Waals surface area (Å²) in [6, 6.07) is 0. The van der Waals surface area contributed by atoms with Gasteiger partial charge >= 0.3 is 23.9 Å². The summed E-state index contributed by atoms with van der Waals surface area (Å²) in [5, 5.41) is 33.5. The molecule has 6 aliphatic rings. The van der Waals surface area contributed by atoms with Crippen molar-refractivity contribution in [2.75, 3.05) is 7.11 Å². The van der Waals surface area contributed by atoms with Crippen LogP contribution in [0.1, 0.15) is 54.4 Å². The van der Waals surface area contributed by atoms with E-state index in [2.05, 4.69) is 0 Å². The molecule has 230 valence electrons. The fourth-order valence-electron chi connectivity index (χ4n) is 8.34. The molecule has 1 spiro atoms. The lowest BCUT2D eigenvalue weighted by Gasteiger charge is -2.77. The van der Waals surface area contributed by atoms with Crippen LogP contribution in [0, 0.1) is 23.2 Å². The number of ether oxygens (including phenoxy) is 5. The van der Waals surface area contributed by atoms with Gasteiger partial charge in [-0.2, -0.15) is 0 Å². The van der Waals surface area contributed by atoms with Gasteiger partial charge in [0.25, 0.3) is 0 Å². The van der Waals surface area contributed by atoms with Gasteiger partial charge in [-0.15, -0.1) is 0 Å². The third-order valence-corrected chi connectivity index (χ3v) is 10.3. The number of rotatable bonds is 5. The average molecular weight is 593 g/mol. The van der Waals surface area contributed by atoms with Crippen LogP contribution in [-0.2, 0) is 47.7 Å². The van der Waals surface area contributed by atoms with Crippen LogP contribution in [0.15, 0.2) is 23.0 Å². The first-order valence-corrected chi connectivity index (χ1v) is 13.8. The molecule has 0 radical (unpaired) electrons. The van der Waals surface area contributed by atoms with E-state index >= 15 is 0 Å². The van der Waals surface area contributed by atoms with Crippen molar-refractivity contribution in [2.24, 2.45) is 23.2 Å². The number of hydrogen-bond donors (Lipinski definition) is 3. The standard InChI is InChI=1S/C29H36O13/c1-11(26(4,5)41-13(3)30)8-17(32)40-20-22-28-16(39-24(20)36)9-14-12(2)18(33)15(31)10-27(14,6)21(28)19(34)23(35)29(22,42-28)25(37)38-7/h8,14,16,19-23,33-35H,9-10H2,1-7H3/b11-8+/t14-,16+,19+,20+,21+,22+,23-,27-,28-,29-/m0/s1. The van der Waals surface area contributed by atoms with Crippen molar-refractivity contribution in [3.05, 3.63) is 23.0 Å². The Kier molecular flexibility index (Phi) is 6.72. The number of aliphatic hydroxyl groups excluding tert-OH is 3. The first-order valence-electron chi connectivity index (χ1n) is 13.8. The van der Waals surface area contributed by atoms with E-state index in [-0.39, 0.29) is 12.8 Å². The summed E-state index contributed by atoms with van der Waals surface area (Å²) in [5.41, 5.74) is -5.56. The van der Waals surface area contributed by atoms with E-state index in [1.54, 1.807) is 27.7 Å². The number of fused-ring (bicyclic) bond motifs is 2. The number of esters is 4. The fraction of sp³-hybridized carbons (Fsp3) is 0.690. The monoisotopic (exact) mass is 592 g/mol. The zero-order chi connectivity index (χ0) is 31.3. The molecule has 3 aliphatic heterocycles. The van der Waals surface area contributed by atoms with Gasteiger partial charge in [-0.25, -0.2) is 14.4 Å². The lowest BCUT2D eigenvalue weighted by Crippen LogP contribution is -2.95. The Morgan fingerprint density at radius 3 is 2.36 bits per heavy atom. The van der Waals surface area contributed by atoms with E-state index in [0.29, 0.717) is 11.1 Å². The van der Waals surface area contributed by atoms with Gasteiger partial charge in [0.05, 0.1) is 19.1 Å². The van der Waals surface area contributed by atoms with Crippen LogP contribution in [0.25, 0.3) is 0 Å². The highest BCUT2D eigenvalue weighted by atomic mass is 16.7. The molecule has 13 heteroatoms. The lowest BCUT2D eigenvalue weighted by molar-refractivity contribution is -0.470. The molecule has 0 aromatic carbocycles. The summed E-state index contributed by atoms with van der Waals surface area (Å²) in [5.74, 6) is -7.62. The molecule has 3 heterocycles. The van der Waals surface area contributed by atoms with Crippen molar-refractivity contribution < 1.29 is 63.0 Å². The second-order valence-electron chi connectivity index (χ2n) is 12.8. The van der Waals surface area contributed by atoms with Gasteiger partial charge in [0.2, 0.25) is 11.7 Å². The lowest BCUT2D eigenvalue weighted by atomic mass is 9.38. The summed E-state index contributed by atoms with van der Waals surface area (Å²) in [4.78, 5) is 64.3. The number of aliphatic hydroxyl groups is 3. The molecule has 6 rings (SSSR count). The van der Waals surface area contributed by atoms with Gasteiger partial charge in [0.1, 0.15) is 23.4 Å². The number of ketones is 1. The molecular weight excluding hydrogens is 556 g/mol. The Morgan fingerprint density at radius 2 is 1.76 bits per heavy atom. The quantitative estimate of drug-likeness (QED) is 0.228. The van der Waals surface area contributed by atoms with E-state index in [0.717, 1.165) is 13.2 Å². The summed E-state index contributed by atoms with van der Waals surface area (Å²) in [6.07, 6.45) is -5.51. The minimum absolute atomic E-state index is 0.0781. The van der Waals surface area contributed by atoms with Crippen molar-refractivity contribution in [1.29, 1.82) is 0 Å². The molecule has 10 atom stereocenters. The minimum atomic E-state index is -2.28. The van der Waals surface area contributed by atoms with Crippen LogP contribution < -0.4 is 0 Å². The number of Topliss-reactive ketones (excluding diaryl/α,β-unsaturated/α-hetero) is 1. The van der Waals surface area contributed by atoms with E-state index in [4.69, 9.17) is 23.7 Å². The van der Waals surface area contributed by atoms with Crippen molar-refractivity contribution in [2.45, 2.75) is 95.6 Å². The van der Waals surface area contributed by atoms with Crippen LogP contribution >= 0.6 is 0 Å². The summed E-state index contributed by atoms with van der Waals surface area (Å²) >= 11 is 0. The Morgan fingerprint density at radius 1 is 1.12 bits per heavy atom. The summed E-state index contributed by atoms with van der Waals surface area (Å²) < 4.78 is 27.9.